The Morgan fingerprint density at radius 2 is 1.96 bits per heavy atom. The molecule has 1 aliphatic rings. The molecular formula is C18H30N2O2Si. The Labute approximate surface area is 141 Å². The number of nitrogens with zero attached hydrogens (tertiary/aromatic N) is 1. The van der Waals surface area contributed by atoms with E-state index in [1.807, 2.05) is 12.1 Å². The minimum Gasteiger partial charge on any atom is -0.412 e. The van der Waals surface area contributed by atoms with Gasteiger partial charge >= 0.3 is 0 Å². The highest BCUT2D eigenvalue weighted by Gasteiger charge is 2.41. The molecule has 1 aromatic heterocycles. The standard InChI is InChI=1S/C18H30N2O2Si/c1-18(2,3)23(4,5)22-16-12-7-6-10-14(16)20-17(21)15-11-8-9-13-19-15/h8-9,11,13-14,16H,6-7,10,12H2,1-5H3,(H,20,21)/t14-,16?/m0/s1. The van der Waals surface area contributed by atoms with Crippen molar-refractivity contribution in [2.75, 3.05) is 0 Å². The first-order chi connectivity index (χ1) is 10.7. The van der Waals surface area contributed by atoms with Crippen LogP contribution in [0, 0.1) is 0 Å². The van der Waals surface area contributed by atoms with Crippen LogP contribution in [0.2, 0.25) is 18.1 Å². The van der Waals surface area contributed by atoms with Gasteiger partial charge in [-0.2, -0.15) is 0 Å². The van der Waals surface area contributed by atoms with E-state index in [-0.39, 0.29) is 23.1 Å². The van der Waals surface area contributed by atoms with Crippen LogP contribution in [0.4, 0.5) is 0 Å². The Hall–Kier alpha value is -1.20. The summed E-state index contributed by atoms with van der Waals surface area (Å²) in [6.45, 7) is 11.3. The lowest BCUT2D eigenvalue weighted by Crippen LogP contribution is -2.53. The first-order valence-electron chi connectivity index (χ1n) is 8.60. The van der Waals surface area contributed by atoms with E-state index in [1.165, 1.54) is 6.42 Å². The fraction of sp³-hybridized carbons (Fsp3) is 0.667. The molecule has 0 radical (unpaired) electrons. The molecular weight excluding hydrogens is 304 g/mol. The third-order valence-corrected chi connectivity index (χ3v) is 9.67. The molecule has 2 rings (SSSR count). The first-order valence-corrected chi connectivity index (χ1v) is 11.5. The summed E-state index contributed by atoms with van der Waals surface area (Å²) >= 11 is 0. The predicted molar refractivity (Wildman–Crippen MR) is 96.0 cm³/mol. The van der Waals surface area contributed by atoms with E-state index in [1.54, 1.807) is 12.3 Å². The van der Waals surface area contributed by atoms with Crippen molar-refractivity contribution in [2.45, 2.75) is 76.7 Å². The van der Waals surface area contributed by atoms with E-state index in [0.717, 1.165) is 19.3 Å². The quantitative estimate of drug-likeness (QED) is 0.842. The van der Waals surface area contributed by atoms with E-state index in [0.29, 0.717) is 5.69 Å². The molecule has 1 unspecified atom stereocenters. The largest absolute Gasteiger partial charge is 0.412 e. The molecule has 0 bridgehead atoms. The Kier molecular flexibility index (Phi) is 5.63. The number of rotatable bonds is 4. The number of carbonyl (C=O) groups is 1. The van der Waals surface area contributed by atoms with Crippen LogP contribution in [-0.4, -0.2) is 31.4 Å². The van der Waals surface area contributed by atoms with Gasteiger partial charge in [0.1, 0.15) is 5.69 Å². The molecule has 1 fully saturated rings. The van der Waals surface area contributed by atoms with E-state index in [4.69, 9.17) is 4.43 Å². The molecule has 1 saturated carbocycles. The SMILES string of the molecule is CC(C)(C)[Si](C)(C)OC1CCCC[C@@H]1NC(=O)c1ccccn1. The van der Waals surface area contributed by atoms with Gasteiger partial charge in [-0.15, -0.1) is 0 Å². The van der Waals surface area contributed by atoms with Crippen molar-refractivity contribution >= 4 is 14.2 Å². The number of carbonyl (C=O) groups excluding carboxylic acids is 1. The molecule has 2 atom stereocenters. The van der Waals surface area contributed by atoms with Crippen molar-refractivity contribution in [1.82, 2.24) is 10.3 Å². The van der Waals surface area contributed by atoms with E-state index < -0.39 is 8.32 Å². The average Bonchev–Trinajstić information content (AvgIpc) is 2.48. The van der Waals surface area contributed by atoms with Gasteiger partial charge in [-0.25, -0.2) is 0 Å². The molecule has 0 aromatic carbocycles. The van der Waals surface area contributed by atoms with E-state index >= 15 is 0 Å². The van der Waals surface area contributed by atoms with Crippen molar-refractivity contribution in [3.8, 4) is 0 Å². The highest BCUT2D eigenvalue weighted by Crippen LogP contribution is 2.39. The van der Waals surface area contributed by atoms with Gasteiger partial charge in [0, 0.05) is 6.20 Å². The van der Waals surface area contributed by atoms with Crippen LogP contribution in [0.1, 0.15) is 56.9 Å². The molecule has 1 N–H and O–H groups in total. The van der Waals surface area contributed by atoms with Gasteiger partial charge in [0.05, 0.1) is 12.1 Å². The van der Waals surface area contributed by atoms with Gasteiger partial charge in [-0.3, -0.25) is 9.78 Å². The summed E-state index contributed by atoms with van der Waals surface area (Å²) in [5.74, 6) is -0.0960. The highest BCUT2D eigenvalue weighted by molar-refractivity contribution is 6.74. The zero-order valence-corrected chi connectivity index (χ0v) is 16.1. The smallest absolute Gasteiger partial charge is 0.270 e. The van der Waals surface area contributed by atoms with Crippen LogP contribution in [0.15, 0.2) is 24.4 Å². The molecule has 1 aromatic rings. The van der Waals surface area contributed by atoms with Crippen molar-refractivity contribution < 1.29 is 9.22 Å². The summed E-state index contributed by atoms with van der Waals surface area (Å²) < 4.78 is 6.60. The number of hydrogen-bond donors (Lipinski definition) is 1. The lowest BCUT2D eigenvalue weighted by Gasteiger charge is -2.43. The third-order valence-electron chi connectivity index (χ3n) is 5.17. The molecule has 1 heterocycles. The maximum absolute atomic E-state index is 12.4. The minimum absolute atomic E-state index is 0.0902. The summed E-state index contributed by atoms with van der Waals surface area (Å²) in [6, 6.07) is 5.50. The fourth-order valence-corrected chi connectivity index (χ4v) is 4.09. The molecule has 0 aliphatic heterocycles. The van der Waals surface area contributed by atoms with Crippen LogP contribution < -0.4 is 5.32 Å². The molecule has 1 aliphatic carbocycles. The van der Waals surface area contributed by atoms with Gasteiger partial charge < -0.3 is 9.74 Å². The lowest BCUT2D eigenvalue weighted by atomic mass is 9.92. The summed E-state index contributed by atoms with van der Waals surface area (Å²) in [4.78, 5) is 16.5. The normalized spacial score (nSPS) is 22.7. The third kappa shape index (κ3) is 4.64. The zero-order valence-electron chi connectivity index (χ0n) is 15.1. The molecule has 4 nitrogen and oxygen atoms in total. The maximum Gasteiger partial charge on any atom is 0.270 e. The van der Waals surface area contributed by atoms with Crippen molar-refractivity contribution in [2.24, 2.45) is 0 Å². The van der Waals surface area contributed by atoms with Crippen LogP contribution in [-0.2, 0) is 4.43 Å². The van der Waals surface area contributed by atoms with Crippen molar-refractivity contribution in [3.05, 3.63) is 30.1 Å². The monoisotopic (exact) mass is 334 g/mol. The van der Waals surface area contributed by atoms with Gasteiger partial charge in [-0.05, 0) is 43.1 Å². The lowest BCUT2D eigenvalue weighted by molar-refractivity contribution is 0.0752. The van der Waals surface area contributed by atoms with Crippen molar-refractivity contribution in [3.63, 3.8) is 0 Å². The molecule has 0 spiro atoms. The topological polar surface area (TPSA) is 51.2 Å². The Morgan fingerprint density at radius 3 is 2.57 bits per heavy atom. The second kappa shape index (κ2) is 7.14. The fourth-order valence-electron chi connectivity index (χ4n) is 2.70. The number of pyridine rings is 1. The number of hydrogen-bond acceptors (Lipinski definition) is 3. The van der Waals surface area contributed by atoms with Gasteiger partial charge in [0.2, 0.25) is 0 Å². The maximum atomic E-state index is 12.4. The molecule has 0 saturated heterocycles. The Bertz CT molecular complexity index is 526. The van der Waals surface area contributed by atoms with Gasteiger partial charge in [0.25, 0.3) is 5.91 Å². The van der Waals surface area contributed by atoms with Gasteiger partial charge in [0.15, 0.2) is 8.32 Å². The van der Waals surface area contributed by atoms with Crippen LogP contribution >= 0.6 is 0 Å². The zero-order chi connectivity index (χ0) is 17.1. The van der Waals surface area contributed by atoms with Crippen LogP contribution in [0.25, 0.3) is 0 Å². The summed E-state index contributed by atoms with van der Waals surface area (Å²) in [5, 5.41) is 3.34. The summed E-state index contributed by atoms with van der Waals surface area (Å²) in [6.07, 6.45) is 6.11. The Balaban J connectivity index is 2.05. The Morgan fingerprint density at radius 1 is 1.26 bits per heavy atom. The van der Waals surface area contributed by atoms with Crippen molar-refractivity contribution in [1.29, 1.82) is 0 Å². The number of nitrogens with one attached hydrogen (secondary N) is 1. The minimum atomic E-state index is -1.83. The predicted octanol–water partition coefficient (Wildman–Crippen LogP) is 4.14. The second-order valence-electron chi connectivity index (χ2n) is 8.00. The average molecular weight is 335 g/mol. The molecule has 128 valence electrons. The van der Waals surface area contributed by atoms with E-state index in [2.05, 4.69) is 44.2 Å². The number of aromatic nitrogens is 1. The van der Waals surface area contributed by atoms with Gasteiger partial charge in [-0.1, -0.05) is 39.7 Å². The first kappa shape index (κ1) is 18.1. The summed E-state index contributed by atoms with van der Waals surface area (Å²) in [7, 11) is -1.83. The van der Waals surface area contributed by atoms with Crippen LogP contribution in [0.5, 0.6) is 0 Å². The summed E-state index contributed by atoms with van der Waals surface area (Å²) in [5.41, 5.74) is 0.476. The number of amides is 1. The highest BCUT2D eigenvalue weighted by atomic mass is 28.4. The van der Waals surface area contributed by atoms with Crippen LogP contribution in [0.3, 0.4) is 0 Å². The molecule has 5 heteroatoms. The molecule has 1 amide bonds. The second-order valence-corrected chi connectivity index (χ2v) is 12.8. The van der Waals surface area contributed by atoms with E-state index in [9.17, 15) is 4.79 Å². The molecule has 23 heavy (non-hydrogen) atoms.